The minimum absolute atomic E-state index is 0.0877. The number of hydrogen-bond donors (Lipinski definition) is 6. The summed E-state index contributed by atoms with van der Waals surface area (Å²) in [5, 5.41) is 40.6. The molecule has 8 rings (SSSR count). The van der Waals surface area contributed by atoms with E-state index in [0.717, 1.165) is 11.1 Å². The summed E-state index contributed by atoms with van der Waals surface area (Å²) in [6, 6.07) is 22.3. The number of rotatable bonds is 13. The second-order valence-corrected chi connectivity index (χ2v) is 15.6. The summed E-state index contributed by atoms with van der Waals surface area (Å²) in [6.07, 6.45) is -6.99. The largest absolute Gasteiger partial charge is 0.490 e. The first kappa shape index (κ1) is 43.1. The average molecular weight is 875 g/mol. The molecule has 2 aromatic carbocycles. The zero-order valence-electron chi connectivity index (χ0n) is 33.6. The van der Waals surface area contributed by atoms with Gasteiger partial charge in [0.2, 0.25) is 5.95 Å². The Balaban J connectivity index is 0.985. The lowest BCUT2D eigenvalue weighted by Gasteiger charge is -2.33. The molecular formula is C42H45F3N10O8. The number of piperidine rings is 1. The first-order valence-electron chi connectivity index (χ1n) is 20.4. The molecule has 0 spiro atoms. The predicted molar refractivity (Wildman–Crippen MR) is 220 cm³/mol. The van der Waals surface area contributed by atoms with Crippen LogP contribution in [0.3, 0.4) is 0 Å². The number of pyridine rings is 1. The van der Waals surface area contributed by atoms with E-state index < -0.39 is 49.3 Å². The van der Waals surface area contributed by atoms with E-state index in [9.17, 15) is 37.8 Å². The van der Waals surface area contributed by atoms with Gasteiger partial charge in [0, 0.05) is 56.9 Å². The van der Waals surface area contributed by atoms with E-state index in [-0.39, 0.29) is 46.7 Å². The van der Waals surface area contributed by atoms with Crippen molar-refractivity contribution < 1.29 is 52.3 Å². The number of fused-ring (bicyclic) bond motifs is 1. The molecule has 3 fully saturated rings. The number of amides is 2. The van der Waals surface area contributed by atoms with Crippen LogP contribution in [0.2, 0.25) is 0 Å². The number of anilines is 3. The van der Waals surface area contributed by atoms with Crippen molar-refractivity contribution in [3.05, 3.63) is 102 Å². The summed E-state index contributed by atoms with van der Waals surface area (Å²) in [5.74, 6) is -2.36. The molecule has 0 aliphatic carbocycles. The number of alkyl halides is 3. The number of aromatic nitrogens is 5. The third kappa shape index (κ3) is 9.74. The standard InChI is InChI=1S/C42H45F3N10O8/c43-42(44,45)39(60)62-22-30-33(56)34(57)37(63-30)55-23-48-32-35(47-20-29(24-7-3-1-4-8-24)25-9-5-2-6-10-25)51-40(52-36(32)55)54-18-15-28(21-54)50-41(61)49-27-13-16-53(17-14-27)31-12-11-26(19-46-31)38(58)59/h1-12,19,23,27-30,33-34,37,56-57H,13-18,20-22H2,(H,58,59)(H,47,51,52)(H2,49,50,61)/t28?,30-,33+,34+,37-/m1/s1. The number of urea groups is 1. The molecule has 0 radical (unpaired) electrons. The summed E-state index contributed by atoms with van der Waals surface area (Å²) >= 11 is 0. The van der Waals surface area contributed by atoms with Crippen LogP contribution in [0.4, 0.5) is 35.5 Å². The molecule has 5 aromatic rings. The molecule has 63 heavy (non-hydrogen) atoms. The normalized spacial score (nSPS) is 21.8. The monoisotopic (exact) mass is 874 g/mol. The van der Waals surface area contributed by atoms with Crippen molar-refractivity contribution in [3.63, 3.8) is 0 Å². The zero-order valence-corrected chi connectivity index (χ0v) is 33.6. The van der Waals surface area contributed by atoms with Gasteiger partial charge in [-0.1, -0.05) is 60.7 Å². The quantitative estimate of drug-likeness (QED) is 0.0932. The lowest BCUT2D eigenvalue weighted by Crippen LogP contribution is -2.50. The number of nitrogens with one attached hydrogen (secondary N) is 3. The number of esters is 1. The van der Waals surface area contributed by atoms with Crippen molar-refractivity contribution >= 4 is 46.7 Å². The number of carboxylic acid groups (broad SMARTS) is 1. The van der Waals surface area contributed by atoms with Crippen LogP contribution in [-0.2, 0) is 14.3 Å². The van der Waals surface area contributed by atoms with Gasteiger partial charge in [0.15, 0.2) is 23.2 Å². The molecule has 3 aliphatic rings. The number of carboxylic acids is 1. The van der Waals surface area contributed by atoms with Crippen LogP contribution < -0.4 is 25.8 Å². The Labute approximate surface area is 358 Å². The maximum Gasteiger partial charge on any atom is 0.490 e. The van der Waals surface area contributed by atoms with E-state index in [1.165, 1.54) is 23.2 Å². The number of carbonyl (C=O) groups is 3. The van der Waals surface area contributed by atoms with Gasteiger partial charge >= 0.3 is 24.1 Å². The summed E-state index contributed by atoms with van der Waals surface area (Å²) < 4.78 is 50.0. The van der Waals surface area contributed by atoms with Crippen molar-refractivity contribution in [1.29, 1.82) is 0 Å². The number of aromatic carboxylic acids is 1. The number of aliphatic hydroxyl groups excluding tert-OH is 2. The molecule has 1 unspecified atom stereocenters. The van der Waals surface area contributed by atoms with Gasteiger partial charge in [-0.25, -0.2) is 24.4 Å². The van der Waals surface area contributed by atoms with E-state index in [1.54, 1.807) is 6.07 Å². The first-order valence-corrected chi connectivity index (χ1v) is 20.4. The molecule has 0 bridgehead atoms. The summed E-state index contributed by atoms with van der Waals surface area (Å²) in [4.78, 5) is 58.3. The predicted octanol–water partition coefficient (Wildman–Crippen LogP) is 3.44. The summed E-state index contributed by atoms with van der Waals surface area (Å²) in [7, 11) is 0. The van der Waals surface area contributed by atoms with Gasteiger partial charge in [0.25, 0.3) is 0 Å². The Morgan fingerprint density at radius 2 is 1.49 bits per heavy atom. The second kappa shape index (κ2) is 18.4. The van der Waals surface area contributed by atoms with E-state index >= 15 is 0 Å². The minimum atomic E-state index is -5.26. The molecule has 18 nitrogen and oxygen atoms in total. The van der Waals surface area contributed by atoms with Gasteiger partial charge in [-0.05, 0) is 42.5 Å². The maximum absolute atomic E-state index is 13.2. The second-order valence-electron chi connectivity index (χ2n) is 15.6. The smallest absolute Gasteiger partial charge is 0.478 e. The number of nitrogens with zero attached hydrogens (tertiary/aromatic N) is 7. The molecule has 6 N–H and O–H groups in total. The van der Waals surface area contributed by atoms with Crippen molar-refractivity contribution in [2.45, 2.75) is 68.0 Å². The van der Waals surface area contributed by atoms with Gasteiger partial charge in [-0.2, -0.15) is 23.1 Å². The van der Waals surface area contributed by atoms with E-state index in [0.29, 0.717) is 63.6 Å². The van der Waals surface area contributed by atoms with Gasteiger partial charge in [-0.3, -0.25) is 4.57 Å². The Morgan fingerprint density at radius 3 is 2.13 bits per heavy atom. The van der Waals surface area contributed by atoms with E-state index in [1.807, 2.05) is 70.5 Å². The van der Waals surface area contributed by atoms with Gasteiger partial charge in [0.1, 0.15) is 30.7 Å². The minimum Gasteiger partial charge on any atom is -0.478 e. The maximum atomic E-state index is 13.2. The zero-order chi connectivity index (χ0) is 44.3. The third-order valence-electron chi connectivity index (χ3n) is 11.5. The Hall–Kier alpha value is -6.58. The fraction of sp³-hybridized carbons (Fsp3) is 0.405. The van der Waals surface area contributed by atoms with Crippen LogP contribution in [-0.4, -0.2) is 134 Å². The van der Waals surface area contributed by atoms with E-state index in [2.05, 4.69) is 30.7 Å². The molecular weight excluding hydrogens is 830 g/mol. The SMILES string of the molecule is O=C(NC1CCN(c2ccc(C(=O)O)cn2)CC1)NC1CCN(c2nc(NCC(c3ccccc3)c3ccccc3)c3ncn([C@@H]4O[C@H](COC(=O)C(F)(F)F)[C@H](O)[C@@H]4O)c3n2)C1. The van der Waals surface area contributed by atoms with Crippen molar-refractivity contribution in [1.82, 2.24) is 35.1 Å². The van der Waals surface area contributed by atoms with Gasteiger partial charge < -0.3 is 50.5 Å². The third-order valence-corrected chi connectivity index (χ3v) is 11.5. The Kier molecular flexibility index (Phi) is 12.6. The highest BCUT2D eigenvalue weighted by Crippen LogP contribution is 2.35. The van der Waals surface area contributed by atoms with Gasteiger partial charge in [0.05, 0.1) is 11.9 Å². The highest BCUT2D eigenvalue weighted by molar-refractivity contribution is 5.87. The molecule has 2 amide bonds. The number of aliphatic hydroxyl groups is 2. The Bertz CT molecular complexity index is 2350. The van der Waals surface area contributed by atoms with E-state index in [4.69, 9.17) is 19.8 Å². The topological polar surface area (TPSA) is 229 Å². The van der Waals surface area contributed by atoms with Crippen molar-refractivity contribution in [2.75, 3.05) is 54.4 Å². The number of carbonyl (C=O) groups excluding carboxylic acids is 2. The molecule has 332 valence electrons. The fourth-order valence-electron chi connectivity index (χ4n) is 8.11. The number of halogens is 3. The lowest BCUT2D eigenvalue weighted by atomic mass is 9.91. The molecule has 6 heterocycles. The first-order chi connectivity index (χ1) is 30.3. The molecule has 3 aromatic heterocycles. The number of benzene rings is 2. The highest BCUT2D eigenvalue weighted by atomic mass is 19.4. The number of imidazole rings is 1. The summed E-state index contributed by atoms with van der Waals surface area (Å²) in [5.41, 5.74) is 2.65. The number of hydrogen-bond acceptors (Lipinski definition) is 14. The van der Waals surface area contributed by atoms with Crippen LogP contribution in [0.25, 0.3) is 11.2 Å². The van der Waals surface area contributed by atoms with Crippen LogP contribution in [0.5, 0.6) is 0 Å². The average Bonchev–Trinajstić information content (AvgIpc) is 4.00. The molecule has 3 saturated heterocycles. The van der Waals surface area contributed by atoms with Crippen LogP contribution in [0.1, 0.15) is 52.9 Å². The van der Waals surface area contributed by atoms with Crippen LogP contribution in [0, 0.1) is 0 Å². The van der Waals surface area contributed by atoms with Crippen molar-refractivity contribution in [3.8, 4) is 0 Å². The summed E-state index contributed by atoms with van der Waals surface area (Å²) in [6.45, 7) is 1.45. The Morgan fingerprint density at radius 1 is 0.841 bits per heavy atom. The molecule has 5 atom stereocenters. The van der Waals surface area contributed by atoms with Crippen molar-refractivity contribution in [2.24, 2.45) is 0 Å². The highest BCUT2D eigenvalue weighted by Gasteiger charge is 2.47. The van der Waals surface area contributed by atoms with Gasteiger partial charge in [-0.15, -0.1) is 0 Å². The lowest BCUT2D eigenvalue weighted by molar-refractivity contribution is -0.203. The van der Waals surface area contributed by atoms with Crippen LogP contribution >= 0.6 is 0 Å². The fourth-order valence-corrected chi connectivity index (χ4v) is 8.11. The molecule has 21 heteroatoms. The molecule has 3 aliphatic heterocycles. The molecule has 0 saturated carbocycles. The number of ether oxygens (including phenoxy) is 2. The van der Waals surface area contributed by atoms with Crippen LogP contribution in [0.15, 0.2) is 85.3 Å².